The summed E-state index contributed by atoms with van der Waals surface area (Å²) in [6.45, 7) is 4.38. The summed E-state index contributed by atoms with van der Waals surface area (Å²) in [4.78, 5) is 11.3. The van der Waals surface area contributed by atoms with E-state index in [4.69, 9.17) is 0 Å². The van der Waals surface area contributed by atoms with E-state index in [0.717, 1.165) is 41.1 Å². The number of rotatable bonds is 0. The largest absolute Gasteiger partial charge is 0.294 e. The van der Waals surface area contributed by atoms with Crippen LogP contribution in [0.5, 0.6) is 0 Å². The molecule has 14 aliphatic rings. The maximum atomic E-state index is 11.3. The number of hydrogen-bond acceptors (Lipinski definition) is 1. The van der Waals surface area contributed by atoms with Crippen LogP contribution in [0.3, 0.4) is 0 Å². The Labute approximate surface area is 410 Å². The van der Waals surface area contributed by atoms with Crippen LogP contribution in [0.2, 0.25) is 0 Å². The molecule has 17 rings (SSSR count). The van der Waals surface area contributed by atoms with Crippen molar-refractivity contribution in [2.24, 2.45) is 59.2 Å². The SMILES string of the molecule is C1=CC2CCCC(C1)CCC2.C1C2CC3CC1CC(C2)C3.C1CC2CCCC(C1)CCC2.C1CCC2CCCCC2C1.CC1CC(=O)c2ccccc21.CC1c2ccccc2-c2ccccc21. The van der Waals surface area contributed by atoms with Gasteiger partial charge in [0.05, 0.1) is 0 Å². The van der Waals surface area contributed by atoms with Crippen molar-refractivity contribution in [2.75, 3.05) is 0 Å². The minimum Gasteiger partial charge on any atom is -0.294 e. The lowest BCUT2D eigenvalue weighted by Crippen LogP contribution is -2.38. The Bertz CT molecular complexity index is 1830. The maximum absolute atomic E-state index is 11.3. The molecule has 8 bridgehead atoms. The van der Waals surface area contributed by atoms with Gasteiger partial charge in [-0.15, -0.1) is 0 Å². The summed E-state index contributed by atoms with van der Waals surface area (Å²) in [5, 5.41) is 0. The van der Waals surface area contributed by atoms with Gasteiger partial charge in [-0.3, -0.25) is 4.79 Å². The fourth-order valence-corrected chi connectivity index (χ4v) is 16.4. The monoisotopic (exact) mass is 903 g/mol. The van der Waals surface area contributed by atoms with E-state index >= 15 is 0 Å². The molecule has 67 heavy (non-hydrogen) atoms. The summed E-state index contributed by atoms with van der Waals surface area (Å²) in [6.07, 6.45) is 51.8. The number of carbonyl (C=O) groups is 1. The Balaban J connectivity index is 0.000000101. The zero-order valence-electron chi connectivity index (χ0n) is 42.8. The summed E-state index contributed by atoms with van der Waals surface area (Å²) in [5.74, 6) is 12.5. The topological polar surface area (TPSA) is 17.1 Å². The van der Waals surface area contributed by atoms with Crippen molar-refractivity contribution >= 4 is 5.78 Å². The molecule has 0 aliphatic heterocycles. The summed E-state index contributed by atoms with van der Waals surface area (Å²) in [6, 6.07) is 25.3. The van der Waals surface area contributed by atoms with Gasteiger partial charge in [0, 0.05) is 17.9 Å². The molecule has 3 aromatic rings. The molecule has 364 valence electrons. The van der Waals surface area contributed by atoms with Crippen LogP contribution in [0.15, 0.2) is 84.9 Å². The number of fused-ring (bicyclic) bond motifs is 16. The van der Waals surface area contributed by atoms with Crippen LogP contribution in [0.25, 0.3) is 11.1 Å². The fraction of sp³-hybridized carbons (Fsp3) is 0.682. The van der Waals surface area contributed by atoms with Crippen molar-refractivity contribution in [3.05, 3.63) is 107 Å². The molecule has 0 aromatic heterocycles. The van der Waals surface area contributed by atoms with Crippen LogP contribution >= 0.6 is 0 Å². The van der Waals surface area contributed by atoms with Crippen LogP contribution in [-0.2, 0) is 0 Å². The first kappa shape index (κ1) is 49.1. The van der Waals surface area contributed by atoms with E-state index in [2.05, 4.69) is 74.5 Å². The Morgan fingerprint density at radius 1 is 0.373 bits per heavy atom. The molecule has 0 spiro atoms. The molecule has 1 heteroatoms. The lowest BCUT2D eigenvalue weighted by molar-refractivity contribution is 0.0198. The number of benzene rings is 3. The van der Waals surface area contributed by atoms with Gasteiger partial charge in [-0.25, -0.2) is 0 Å². The predicted octanol–water partition coefficient (Wildman–Crippen LogP) is 19.7. The third kappa shape index (κ3) is 13.5. The van der Waals surface area contributed by atoms with Gasteiger partial charge in [0.25, 0.3) is 0 Å². The molecule has 10 fully saturated rings. The van der Waals surface area contributed by atoms with E-state index in [1.807, 2.05) is 24.3 Å². The Kier molecular flexibility index (Phi) is 18.1. The lowest BCUT2D eigenvalue weighted by Gasteiger charge is -2.49. The minimum absolute atomic E-state index is 0.299. The van der Waals surface area contributed by atoms with Crippen LogP contribution in [-0.4, -0.2) is 5.78 Å². The molecule has 3 aromatic carbocycles. The highest BCUT2D eigenvalue weighted by Gasteiger charge is 2.42. The second kappa shape index (κ2) is 24.8. The molecule has 0 amide bonds. The van der Waals surface area contributed by atoms with Crippen LogP contribution in [0.1, 0.15) is 252 Å². The zero-order valence-corrected chi connectivity index (χ0v) is 42.8. The van der Waals surface area contributed by atoms with Crippen molar-refractivity contribution in [1.29, 1.82) is 0 Å². The number of carbonyl (C=O) groups excluding carboxylic acids is 1. The van der Waals surface area contributed by atoms with Crippen molar-refractivity contribution in [3.8, 4) is 11.1 Å². The second-order valence-corrected chi connectivity index (χ2v) is 24.7. The molecule has 0 N–H and O–H groups in total. The molecular weight excluding hydrogens is 809 g/mol. The first-order valence-electron chi connectivity index (χ1n) is 29.4. The molecule has 1 nitrogen and oxygen atoms in total. The van der Waals surface area contributed by atoms with Gasteiger partial charge < -0.3 is 0 Å². The van der Waals surface area contributed by atoms with Crippen LogP contribution in [0, 0.1) is 59.2 Å². The Morgan fingerprint density at radius 3 is 1.18 bits per heavy atom. The fourth-order valence-electron chi connectivity index (χ4n) is 16.4. The second-order valence-electron chi connectivity index (χ2n) is 24.7. The minimum atomic E-state index is 0.299. The van der Waals surface area contributed by atoms with Crippen molar-refractivity contribution in [3.63, 3.8) is 0 Å². The number of allylic oxidation sites excluding steroid dienone is 2. The van der Waals surface area contributed by atoms with Gasteiger partial charge in [0.1, 0.15) is 0 Å². The van der Waals surface area contributed by atoms with Crippen molar-refractivity contribution in [1.82, 2.24) is 0 Å². The van der Waals surface area contributed by atoms with Gasteiger partial charge in [0.15, 0.2) is 5.78 Å². The molecule has 0 saturated heterocycles. The molecule has 14 aliphatic carbocycles. The van der Waals surface area contributed by atoms with E-state index in [-0.39, 0.29) is 0 Å². The smallest absolute Gasteiger partial charge is 0.163 e. The van der Waals surface area contributed by atoms with Gasteiger partial charge in [-0.05, 0) is 151 Å². The quantitative estimate of drug-likeness (QED) is 0.206. The van der Waals surface area contributed by atoms with E-state index in [1.165, 1.54) is 141 Å². The third-order valence-corrected chi connectivity index (χ3v) is 19.8. The van der Waals surface area contributed by atoms with Crippen LogP contribution < -0.4 is 0 Å². The van der Waals surface area contributed by atoms with Crippen LogP contribution in [0.4, 0.5) is 0 Å². The first-order chi connectivity index (χ1) is 32.9. The molecule has 1 unspecified atom stereocenters. The molecule has 0 radical (unpaired) electrons. The molecule has 1 atom stereocenters. The summed E-state index contributed by atoms with van der Waals surface area (Å²) in [5.41, 5.74) is 7.91. The van der Waals surface area contributed by atoms with Gasteiger partial charge >= 0.3 is 0 Å². The third-order valence-electron chi connectivity index (χ3n) is 19.8. The van der Waals surface area contributed by atoms with Gasteiger partial charge in [0.2, 0.25) is 0 Å². The van der Waals surface area contributed by atoms with E-state index in [0.29, 0.717) is 24.0 Å². The molecule has 10 saturated carbocycles. The lowest BCUT2D eigenvalue weighted by atomic mass is 9.56. The van der Waals surface area contributed by atoms with E-state index in [1.54, 1.807) is 103 Å². The average Bonchev–Trinajstić information content (AvgIpc) is 3.76. The molecule has 0 heterocycles. The highest BCUT2D eigenvalue weighted by atomic mass is 16.1. The van der Waals surface area contributed by atoms with Crippen molar-refractivity contribution in [2.45, 2.75) is 225 Å². The van der Waals surface area contributed by atoms with Gasteiger partial charge in [-0.1, -0.05) is 234 Å². The van der Waals surface area contributed by atoms with Crippen molar-refractivity contribution < 1.29 is 4.79 Å². The summed E-state index contributed by atoms with van der Waals surface area (Å²) in [7, 11) is 0. The summed E-state index contributed by atoms with van der Waals surface area (Å²) < 4.78 is 0. The predicted molar refractivity (Wildman–Crippen MR) is 286 cm³/mol. The highest BCUT2D eigenvalue weighted by molar-refractivity contribution is 6.01. The normalized spacial score (nSPS) is 33.8. The Hall–Kier alpha value is -2.93. The zero-order chi connectivity index (χ0) is 45.8. The maximum Gasteiger partial charge on any atom is 0.163 e. The number of hydrogen-bond donors (Lipinski definition) is 0. The van der Waals surface area contributed by atoms with E-state index in [9.17, 15) is 4.79 Å². The van der Waals surface area contributed by atoms with E-state index < -0.39 is 0 Å². The average molecular weight is 903 g/mol. The standard InChI is InChI=1S/C14H12.C11H20.C11H18.C10H10O.C10H16.C10H18/c1-10-11-6-2-4-8-13(11)14-9-5-3-7-12(10)14;2*1-4-10-6-2-7-11(5-1)9-3-8-10;1-7-6-10(11)9-5-3-2-4-8(7)9;1-7-2-9-4-8(1)5-10(3-7)6-9;1-2-6-10-8-4-3-7-9(10)5-1/h2-10H,1H3;10-11H,1-9H2;1,4,10-11H,2-3,5-9H2;2-5,7H,6H2,1H3;7-10H,1-6H2;9-10H,1-8H2. The first-order valence-corrected chi connectivity index (χ1v) is 29.4. The number of Topliss-reactive ketones (excluding diaryl/α,β-unsaturated/α-hetero) is 1. The summed E-state index contributed by atoms with van der Waals surface area (Å²) >= 11 is 0. The molecular formula is C66H94O. The highest BCUT2D eigenvalue weighted by Crippen LogP contribution is 2.53. The number of ketones is 1. The Morgan fingerprint density at radius 2 is 0.746 bits per heavy atom. The van der Waals surface area contributed by atoms with Gasteiger partial charge in [-0.2, -0.15) is 0 Å².